The Morgan fingerprint density at radius 3 is 2.52 bits per heavy atom. The Morgan fingerprint density at radius 1 is 0.981 bits per heavy atom. The van der Waals surface area contributed by atoms with E-state index >= 15 is 4.79 Å². The van der Waals surface area contributed by atoms with Gasteiger partial charge in [-0.1, -0.05) is 65.7 Å². The van der Waals surface area contributed by atoms with Crippen molar-refractivity contribution < 1.29 is 24.3 Å². The van der Waals surface area contributed by atoms with Gasteiger partial charge in [-0.25, -0.2) is 4.90 Å². The predicted octanol–water partition coefficient (Wildman–Crippen LogP) is 8.13. The summed E-state index contributed by atoms with van der Waals surface area (Å²) in [5.41, 5.74) is 2.79. The highest BCUT2D eigenvalue weighted by Gasteiger charge is 2.68. The Hall–Kier alpha value is -5.32. The number of fused-ring (bicyclic) bond motifs is 5. The molecular weight excluding hydrogens is 720 g/mol. The minimum Gasteiger partial charge on any atom is -0.507 e. The van der Waals surface area contributed by atoms with Crippen molar-refractivity contribution in [2.75, 3.05) is 9.80 Å². The third-order valence-electron chi connectivity index (χ3n) is 12.3. The molecule has 5 aromatic rings. The summed E-state index contributed by atoms with van der Waals surface area (Å²) < 4.78 is 2.62. The number of rotatable bonds is 6. The molecule has 54 heavy (non-hydrogen) atoms. The van der Waals surface area contributed by atoms with E-state index in [1.165, 1.54) is 9.80 Å². The van der Waals surface area contributed by atoms with Gasteiger partial charge in [0.1, 0.15) is 17.3 Å². The molecule has 2 aromatic heterocycles. The Balaban J connectivity index is 1.17. The van der Waals surface area contributed by atoms with Gasteiger partial charge in [0.15, 0.2) is 0 Å². The third-order valence-corrected chi connectivity index (χ3v) is 13.9. The van der Waals surface area contributed by atoms with Gasteiger partial charge in [0.05, 0.1) is 33.7 Å². The van der Waals surface area contributed by atoms with Crippen LogP contribution in [0.4, 0.5) is 11.5 Å². The number of phenolic OH excluding ortho intramolecular Hbond substituents is 1. The second-order valence-electron chi connectivity index (χ2n) is 15.1. The average molecular weight is 757 g/mol. The van der Waals surface area contributed by atoms with Gasteiger partial charge in [-0.05, 0) is 85.9 Å². The number of phenols is 1. The summed E-state index contributed by atoms with van der Waals surface area (Å²) in [6.45, 7) is 7.69. The van der Waals surface area contributed by atoms with Crippen LogP contribution in [-0.4, -0.2) is 38.5 Å². The van der Waals surface area contributed by atoms with Gasteiger partial charge in [-0.3, -0.25) is 28.8 Å². The fraction of sp³-hybridized carbons (Fsp3) is 0.279. The van der Waals surface area contributed by atoms with E-state index in [1.54, 1.807) is 65.5 Å². The quantitative estimate of drug-likeness (QED) is 0.138. The van der Waals surface area contributed by atoms with Crippen LogP contribution < -0.4 is 9.80 Å². The molecule has 272 valence electrons. The molecule has 4 amide bonds. The summed E-state index contributed by atoms with van der Waals surface area (Å²) in [6.07, 6.45) is 4.62. The smallest absolute Gasteiger partial charge is 0.242 e. The van der Waals surface area contributed by atoms with Gasteiger partial charge < -0.3 is 5.11 Å². The maximum absolute atomic E-state index is 15.2. The van der Waals surface area contributed by atoms with Gasteiger partial charge >= 0.3 is 0 Å². The molecule has 0 bridgehead atoms. The van der Waals surface area contributed by atoms with Crippen LogP contribution >= 0.6 is 22.9 Å². The van der Waals surface area contributed by atoms with Crippen molar-refractivity contribution in [2.24, 2.45) is 36.1 Å². The molecule has 4 aliphatic rings. The summed E-state index contributed by atoms with van der Waals surface area (Å²) in [5, 5.41) is 18.3. The van der Waals surface area contributed by atoms with Crippen LogP contribution in [-0.2, 0) is 32.6 Å². The molecule has 11 heteroatoms. The first-order chi connectivity index (χ1) is 25.9. The van der Waals surface area contributed by atoms with Crippen molar-refractivity contribution in [3.05, 3.63) is 119 Å². The lowest BCUT2D eigenvalue weighted by Crippen LogP contribution is -2.49. The van der Waals surface area contributed by atoms with Gasteiger partial charge in [0.2, 0.25) is 23.6 Å². The molecule has 2 aliphatic heterocycles. The number of nitrogens with zero attached hydrogens (tertiary/aromatic N) is 4. The van der Waals surface area contributed by atoms with Crippen LogP contribution in [0.2, 0.25) is 5.02 Å². The summed E-state index contributed by atoms with van der Waals surface area (Å²) in [6, 6.07) is 21.9. The molecule has 9 rings (SSSR count). The second kappa shape index (κ2) is 12.4. The minimum atomic E-state index is -1.32. The van der Waals surface area contributed by atoms with Crippen molar-refractivity contribution in [1.82, 2.24) is 9.78 Å². The predicted molar refractivity (Wildman–Crippen MR) is 209 cm³/mol. The monoisotopic (exact) mass is 756 g/mol. The number of anilines is 2. The van der Waals surface area contributed by atoms with Crippen molar-refractivity contribution in [3.63, 3.8) is 0 Å². The van der Waals surface area contributed by atoms with Crippen molar-refractivity contribution in [2.45, 2.75) is 39.0 Å². The maximum atomic E-state index is 15.2. The lowest BCUT2D eigenvalue weighted by atomic mass is 9.51. The first-order valence-corrected chi connectivity index (χ1v) is 19.3. The van der Waals surface area contributed by atoms with E-state index in [2.05, 4.69) is 6.58 Å². The molecular formula is C43H37ClN4O5S. The number of amides is 4. The number of aryl methyl sites for hydroxylation is 2. The first-order valence-electron chi connectivity index (χ1n) is 18.1. The van der Waals surface area contributed by atoms with Crippen LogP contribution in [0.25, 0.3) is 20.7 Å². The van der Waals surface area contributed by atoms with E-state index in [9.17, 15) is 19.5 Å². The van der Waals surface area contributed by atoms with Gasteiger partial charge in [-0.15, -0.1) is 17.9 Å². The van der Waals surface area contributed by atoms with Crippen LogP contribution in [0.5, 0.6) is 5.75 Å². The van der Waals surface area contributed by atoms with Gasteiger partial charge in [0.25, 0.3) is 0 Å². The third kappa shape index (κ3) is 4.72. The summed E-state index contributed by atoms with van der Waals surface area (Å²) in [4.78, 5) is 61.9. The van der Waals surface area contributed by atoms with Crippen LogP contribution in [0.15, 0.2) is 97.1 Å². The Labute approximate surface area is 321 Å². The summed E-state index contributed by atoms with van der Waals surface area (Å²) in [7, 11) is 1.72. The van der Waals surface area contributed by atoms with E-state index in [1.807, 2.05) is 56.3 Å². The number of aromatic hydroxyl groups is 1. The topological polar surface area (TPSA) is 113 Å². The highest BCUT2D eigenvalue weighted by atomic mass is 35.5. The normalized spacial score (nSPS) is 26.3. The van der Waals surface area contributed by atoms with Crippen LogP contribution in [0, 0.1) is 36.0 Å². The number of allylic oxidation sites excluding steroid dienone is 3. The zero-order valence-electron chi connectivity index (χ0n) is 30.0. The molecule has 3 fully saturated rings. The largest absolute Gasteiger partial charge is 0.507 e. The number of para-hydroxylation sites is 2. The molecule has 1 saturated carbocycles. The Kier molecular flexibility index (Phi) is 7.89. The fourth-order valence-corrected chi connectivity index (χ4v) is 11.1. The lowest BCUT2D eigenvalue weighted by Gasteiger charge is -2.49. The first kappa shape index (κ1) is 34.4. The number of hydrogen-bond donors (Lipinski definition) is 1. The maximum Gasteiger partial charge on any atom is 0.242 e. The number of hydrogen-bond acceptors (Lipinski definition) is 7. The van der Waals surface area contributed by atoms with Crippen molar-refractivity contribution in [1.29, 1.82) is 0 Å². The Bertz CT molecular complexity index is 2500. The number of benzene rings is 3. The summed E-state index contributed by atoms with van der Waals surface area (Å²) >= 11 is 7.89. The highest BCUT2D eigenvalue weighted by Crippen LogP contribution is 2.64. The SMILES string of the molecule is C=CCc1cccc([C@H]2C3=CC[C@@H]4C(=O)N(c5ccccc5)C(=O)[C@@H]4[C@@H]3C[C@H]3C(=O)N(c4cc(-c5sc6ccc(Cl)cc6c5C)nn4C)C(=O)[C@@]23C)c1O. The molecule has 4 heterocycles. The zero-order chi connectivity index (χ0) is 37.8. The molecule has 6 atom stereocenters. The molecule has 0 radical (unpaired) electrons. The molecule has 1 N–H and O–H groups in total. The number of halogens is 1. The zero-order valence-corrected chi connectivity index (χ0v) is 31.5. The number of imide groups is 2. The number of carbonyl (C=O) groups excluding carboxylic acids is 4. The number of aromatic nitrogens is 2. The Morgan fingerprint density at radius 2 is 1.76 bits per heavy atom. The van der Waals surface area contributed by atoms with Crippen molar-refractivity contribution >= 4 is 68.2 Å². The lowest BCUT2D eigenvalue weighted by molar-refractivity contribution is -0.131. The van der Waals surface area contributed by atoms with Crippen LogP contribution in [0.1, 0.15) is 42.4 Å². The molecule has 0 unspecified atom stereocenters. The van der Waals surface area contributed by atoms with E-state index < -0.39 is 40.9 Å². The molecule has 0 spiro atoms. The molecule has 2 aliphatic carbocycles. The van der Waals surface area contributed by atoms with Crippen LogP contribution in [0.3, 0.4) is 0 Å². The van der Waals surface area contributed by atoms with E-state index in [0.717, 1.165) is 26.1 Å². The summed E-state index contributed by atoms with van der Waals surface area (Å²) in [5.74, 6) is -4.39. The van der Waals surface area contributed by atoms with Crippen molar-refractivity contribution in [3.8, 4) is 16.3 Å². The van der Waals surface area contributed by atoms with Gasteiger partial charge in [-0.2, -0.15) is 5.10 Å². The highest BCUT2D eigenvalue weighted by molar-refractivity contribution is 7.22. The number of thiophene rings is 1. The molecule has 9 nitrogen and oxygen atoms in total. The average Bonchev–Trinajstić information content (AvgIpc) is 3.83. The number of carbonyl (C=O) groups is 4. The van der Waals surface area contributed by atoms with E-state index in [0.29, 0.717) is 46.2 Å². The standard InChI is InChI=1S/C43H37ClN4O5S/c1-5-10-23-11-9-14-28(37(23)49)36-26-16-17-27-35(41(52)47(39(27)50)25-12-7-6-8-13-25)30(26)20-31-40(51)48(42(53)43(31,36)3)34-21-32(45-46(34)4)38-22(2)29-19-24(44)15-18-33(29)54-38/h5-9,11-16,18-19,21,27,30-31,35-36,49H,1,10,17,20H2,2-4H3/t27-,30+,31-,35-,36+,43+/m0/s1. The van der Waals surface area contributed by atoms with Gasteiger partial charge in [0, 0.05) is 34.3 Å². The van der Waals surface area contributed by atoms with E-state index in [-0.39, 0.29) is 29.9 Å². The minimum absolute atomic E-state index is 0.0349. The molecule has 2 saturated heterocycles. The molecule has 3 aromatic carbocycles. The van der Waals surface area contributed by atoms with E-state index in [4.69, 9.17) is 16.7 Å². The fourth-order valence-electron chi connectivity index (χ4n) is 9.79. The second-order valence-corrected chi connectivity index (χ2v) is 16.6.